The van der Waals surface area contributed by atoms with Crippen molar-refractivity contribution in [3.63, 3.8) is 0 Å². The molecule has 1 saturated heterocycles. The Labute approximate surface area is 96.0 Å². The van der Waals surface area contributed by atoms with Crippen LogP contribution in [0.1, 0.15) is 29.6 Å². The third kappa shape index (κ3) is 2.85. The largest absolute Gasteiger partial charge is 0.366 e. The second-order valence-electron chi connectivity index (χ2n) is 4.40. The van der Waals surface area contributed by atoms with Crippen LogP contribution in [0.4, 0.5) is 0 Å². The number of hydrogen-bond acceptors (Lipinski definition) is 2. The van der Waals surface area contributed by atoms with Crippen molar-refractivity contribution in [2.45, 2.75) is 25.8 Å². The molecular weight excluding hydrogens is 202 g/mol. The monoisotopic (exact) mass is 221 g/mol. The van der Waals surface area contributed by atoms with E-state index in [1.807, 2.05) is 17.0 Å². The van der Waals surface area contributed by atoms with E-state index in [1.54, 1.807) is 6.07 Å². The maximum absolute atomic E-state index is 10.9. The second kappa shape index (κ2) is 5.16. The van der Waals surface area contributed by atoms with Crippen LogP contribution in [0.25, 0.3) is 0 Å². The number of hydrogen-bond donors (Lipinski definition) is 1. The maximum atomic E-state index is 10.9. The molecule has 1 fully saturated rings. The Morgan fingerprint density at radius 1 is 1.25 bits per heavy atom. The lowest BCUT2D eigenvalue weighted by Gasteiger charge is -2.26. The highest BCUT2D eigenvalue weighted by Crippen LogP contribution is 2.08. The van der Waals surface area contributed by atoms with E-state index in [2.05, 4.69) is 4.90 Å². The summed E-state index contributed by atoms with van der Waals surface area (Å²) in [6.45, 7) is 4.42. The van der Waals surface area contributed by atoms with Gasteiger partial charge in [0.1, 0.15) is 0 Å². The van der Waals surface area contributed by atoms with Gasteiger partial charge >= 0.3 is 0 Å². The topological polar surface area (TPSA) is 51.3 Å². The average molecular weight is 221 g/mol. The van der Waals surface area contributed by atoms with Crippen molar-refractivity contribution in [1.82, 2.24) is 9.47 Å². The van der Waals surface area contributed by atoms with Crippen LogP contribution in [-0.2, 0) is 6.54 Å². The zero-order chi connectivity index (χ0) is 11.4. The summed E-state index contributed by atoms with van der Waals surface area (Å²) < 4.78 is 2.04. The zero-order valence-corrected chi connectivity index (χ0v) is 9.56. The third-order valence-corrected chi connectivity index (χ3v) is 3.16. The summed E-state index contributed by atoms with van der Waals surface area (Å²) in [6.07, 6.45) is 7.75. The summed E-state index contributed by atoms with van der Waals surface area (Å²) in [5.74, 6) is -0.350. The lowest BCUT2D eigenvalue weighted by Crippen LogP contribution is -2.32. The first-order chi connectivity index (χ1) is 7.75. The molecule has 0 saturated carbocycles. The molecule has 1 aromatic rings. The number of aromatic nitrogens is 1. The number of amides is 1. The predicted molar refractivity (Wildman–Crippen MR) is 63.2 cm³/mol. The fourth-order valence-corrected chi connectivity index (χ4v) is 2.17. The molecule has 2 N–H and O–H groups in total. The Morgan fingerprint density at radius 2 is 2.00 bits per heavy atom. The fourth-order valence-electron chi connectivity index (χ4n) is 2.17. The smallest absolute Gasteiger partial charge is 0.250 e. The van der Waals surface area contributed by atoms with Gasteiger partial charge in [-0.25, -0.2) is 0 Å². The van der Waals surface area contributed by atoms with Crippen molar-refractivity contribution in [2.75, 3.05) is 19.6 Å². The molecule has 4 heteroatoms. The lowest BCUT2D eigenvalue weighted by molar-refractivity contribution is 0.1000. The Balaban J connectivity index is 1.81. The summed E-state index contributed by atoms with van der Waals surface area (Å²) in [5.41, 5.74) is 5.80. The highest BCUT2D eigenvalue weighted by atomic mass is 16.1. The number of carbonyl (C=O) groups excluding carboxylic acids is 1. The molecule has 88 valence electrons. The van der Waals surface area contributed by atoms with Crippen LogP contribution in [0.15, 0.2) is 18.5 Å². The van der Waals surface area contributed by atoms with Gasteiger partial charge < -0.3 is 15.2 Å². The number of rotatable bonds is 4. The molecule has 16 heavy (non-hydrogen) atoms. The standard InChI is InChI=1S/C12H19N3O/c13-12(16)11-4-7-15(10-11)9-8-14-5-2-1-3-6-14/h4,7,10H,1-3,5-6,8-9H2,(H2,13,16). The van der Waals surface area contributed by atoms with Crippen LogP contribution < -0.4 is 5.73 Å². The number of nitrogens with zero attached hydrogens (tertiary/aromatic N) is 2. The average Bonchev–Trinajstić information content (AvgIpc) is 2.76. The summed E-state index contributed by atoms with van der Waals surface area (Å²) in [6, 6.07) is 1.78. The predicted octanol–water partition coefficient (Wildman–Crippen LogP) is 1.07. The Hall–Kier alpha value is -1.29. The third-order valence-electron chi connectivity index (χ3n) is 3.16. The van der Waals surface area contributed by atoms with Gasteiger partial charge in [-0.3, -0.25) is 4.79 Å². The molecule has 1 aliphatic rings. The summed E-state index contributed by atoms with van der Waals surface area (Å²) in [4.78, 5) is 13.4. The van der Waals surface area contributed by atoms with Crippen LogP contribution in [0.3, 0.4) is 0 Å². The van der Waals surface area contributed by atoms with Gasteiger partial charge in [-0.05, 0) is 32.0 Å². The number of likely N-dealkylation sites (tertiary alicyclic amines) is 1. The quantitative estimate of drug-likeness (QED) is 0.827. The molecule has 0 atom stereocenters. The summed E-state index contributed by atoms with van der Waals surface area (Å²) >= 11 is 0. The molecule has 0 bridgehead atoms. The van der Waals surface area contributed by atoms with Crippen LogP contribution in [0.5, 0.6) is 0 Å². The van der Waals surface area contributed by atoms with E-state index in [9.17, 15) is 4.79 Å². The van der Waals surface area contributed by atoms with Crippen molar-refractivity contribution in [3.8, 4) is 0 Å². The van der Waals surface area contributed by atoms with Crippen molar-refractivity contribution in [1.29, 1.82) is 0 Å². The van der Waals surface area contributed by atoms with E-state index in [0.717, 1.165) is 13.1 Å². The zero-order valence-electron chi connectivity index (χ0n) is 9.56. The number of primary amides is 1. The van der Waals surface area contributed by atoms with E-state index in [1.165, 1.54) is 32.4 Å². The second-order valence-corrected chi connectivity index (χ2v) is 4.40. The first kappa shape index (κ1) is 11.2. The molecule has 0 aliphatic carbocycles. The molecule has 0 aromatic carbocycles. The van der Waals surface area contributed by atoms with Crippen molar-refractivity contribution < 1.29 is 4.79 Å². The van der Waals surface area contributed by atoms with E-state index in [4.69, 9.17) is 5.73 Å². The molecule has 2 heterocycles. The van der Waals surface area contributed by atoms with E-state index >= 15 is 0 Å². The molecule has 1 aliphatic heterocycles. The highest BCUT2D eigenvalue weighted by Gasteiger charge is 2.09. The van der Waals surface area contributed by atoms with Crippen LogP contribution in [-0.4, -0.2) is 35.0 Å². The SMILES string of the molecule is NC(=O)c1ccn(CCN2CCCCC2)c1. The van der Waals surface area contributed by atoms with Gasteiger partial charge in [-0.15, -0.1) is 0 Å². The van der Waals surface area contributed by atoms with Crippen LogP contribution in [0.2, 0.25) is 0 Å². The van der Waals surface area contributed by atoms with Gasteiger partial charge in [0.25, 0.3) is 0 Å². The van der Waals surface area contributed by atoms with Crippen molar-refractivity contribution in [2.24, 2.45) is 5.73 Å². The Bertz CT molecular complexity index is 353. The van der Waals surface area contributed by atoms with E-state index in [-0.39, 0.29) is 5.91 Å². The Kier molecular flexibility index (Phi) is 3.62. The number of nitrogens with two attached hydrogens (primary N) is 1. The van der Waals surface area contributed by atoms with Gasteiger partial charge in [0, 0.05) is 25.5 Å². The van der Waals surface area contributed by atoms with Crippen molar-refractivity contribution in [3.05, 3.63) is 24.0 Å². The van der Waals surface area contributed by atoms with Gasteiger partial charge in [0.05, 0.1) is 5.56 Å². The van der Waals surface area contributed by atoms with Gasteiger partial charge in [0.2, 0.25) is 5.91 Å². The Morgan fingerprint density at radius 3 is 2.62 bits per heavy atom. The fraction of sp³-hybridized carbons (Fsp3) is 0.583. The minimum Gasteiger partial charge on any atom is -0.366 e. The maximum Gasteiger partial charge on any atom is 0.250 e. The minimum absolute atomic E-state index is 0.350. The summed E-state index contributed by atoms with van der Waals surface area (Å²) in [7, 11) is 0. The van der Waals surface area contributed by atoms with E-state index < -0.39 is 0 Å². The van der Waals surface area contributed by atoms with Crippen LogP contribution >= 0.6 is 0 Å². The molecule has 4 nitrogen and oxygen atoms in total. The lowest BCUT2D eigenvalue weighted by atomic mass is 10.1. The van der Waals surface area contributed by atoms with Gasteiger partial charge in [0.15, 0.2) is 0 Å². The first-order valence-electron chi connectivity index (χ1n) is 5.93. The molecular formula is C12H19N3O. The van der Waals surface area contributed by atoms with Gasteiger partial charge in [-0.1, -0.05) is 6.42 Å². The van der Waals surface area contributed by atoms with Gasteiger partial charge in [-0.2, -0.15) is 0 Å². The number of piperidine rings is 1. The molecule has 2 rings (SSSR count). The molecule has 1 aromatic heterocycles. The molecule has 0 radical (unpaired) electrons. The normalized spacial score (nSPS) is 17.5. The van der Waals surface area contributed by atoms with Crippen LogP contribution in [0, 0.1) is 0 Å². The van der Waals surface area contributed by atoms with Crippen molar-refractivity contribution >= 4 is 5.91 Å². The molecule has 0 unspecified atom stereocenters. The number of carbonyl (C=O) groups is 1. The van der Waals surface area contributed by atoms with E-state index in [0.29, 0.717) is 5.56 Å². The first-order valence-corrected chi connectivity index (χ1v) is 5.93. The minimum atomic E-state index is -0.350. The summed E-state index contributed by atoms with van der Waals surface area (Å²) in [5, 5.41) is 0. The molecule has 1 amide bonds. The molecule has 0 spiro atoms. The highest BCUT2D eigenvalue weighted by molar-refractivity contribution is 5.92.